The van der Waals surface area contributed by atoms with E-state index in [0.717, 1.165) is 27.3 Å². The van der Waals surface area contributed by atoms with E-state index < -0.39 is 16.8 Å². The van der Waals surface area contributed by atoms with Crippen molar-refractivity contribution in [3.05, 3.63) is 123 Å². The number of non-ortho nitro benzene ring substituents is 1. The molecule has 3 aliphatic carbocycles. The molecule has 4 aliphatic rings. The van der Waals surface area contributed by atoms with Crippen LogP contribution >= 0.6 is 0 Å². The smallest absolute Gasteiger partial charge is 0.270 e. The van der Waals surface area contributed by atoms with E-state index in [1.165, 1.54) is 18.3 Å². The van der Waals surface area contributed by atoms with Crippen molar-refractivity contribution in [3.63, 3.8) is 0 Å². The molecule has 1 saturated heterocycles. The first kappa shape index (κ1) is 21.4. The van der Waals surface area contributed by atoms with Crippen LogP contribution in [0.4, 0.5) is 5.69 Å². The molecule has 2 amide bonds. The van der Waals surface area contributed by atoms with Gasteiger partial charge in [-0.15, -0.1) is 0 Å². The van der Waals surface area contributed by atoms with Crippen LogP contribution in [0.2, 0.25) is 0 Å². The lowest BCUT2D eigenvalue weighted by Crippen LogP contribution is -2.41. The second-order valence-electron chi connectivity index (χ2n) is 9.51. The molecule has 37 heavy (non-hydrogen) atoms. The third-order valence-corrected chi connectivity index (χ3v) is 7.69. The standard InChI is InChI=1S/C29H19N3O5/c33-28-26-24-19-8-1-2-9-20(19)25(22-11-4-3-10-21(22)24)27(26)29(34)31(28)30-15-18-12-13-23(37-18)16-6-5-7-17(14-16)32(35)36/h1-15,24-27H/b30-15-/t24?,25?,26-,27+. The molecular weight excluding hydrogens is 470 g/mol. The number of hydrazone groups is 1. The molecule has 2 atom stereocenters. The average molecular weight is 489 g/mol. The van der Waals surface area contributed by atoms with Crippen LogP contribution in [-0.4, -0.2) is 28.0 Å². The van der Waals surface area contributed by atoms with Gasteiger partial charge < -0.3 is 4.42 Å². The second kappa shape index (κ2) is 7.83. The van der Waals surface area contributed by atoms with Gasteiger partial charge in [0.25, 0.3) is 17.5 Å². The van der Waals surface area contributed by atoms with Gasteiger partial charge >= 0.3 is 0 Å². The fraction of sp³-hybridized carbons (Fsp3) is 0.138. The number of amides is 2. The topological polar surface area (TPSA) is 106 Å². The van der Waals surface area contributed by atoms with E-state index >= 15 is 0 Å². The van der Waals surface area contributed by atoms with Crippen molar-refractivity contribution in [1.82, 2.24) is 5.01 Å². The average Bonchev–Trinajstić information content (AvgIpc) is 3.50. The minimum atomic E-state index is -0.503. The Morgan fingerprint density at radius 2 is 1.35 bits per heavy atom. The number of imide groups is 1. The van der Waals surface area contributed by atoms with E-state index in [0.29, 0.717) is 17.1 Å². The highest BCUT2D eigenvalue weighted by atomic mass is 16.6. The Hall–Kier alpha value is -4.85. The Morgan fingerprint density at radius 3 is 1.89 bits per heavy atom. The number of rotatable bonds is 4. The van der Waals surface area contributed by atoms with Crippen LogP contribution in [-0.2, 0) is 9.59 Å². The fourth-order valence-corrected chi connectivity index (χ4v) is 6.24. The van der Waals surface area contributed by atoms with Crippen molar-refractivity contribution >= 4 is 23.7 Å². The summed E-state index contributed by atoms with van der Waals surface area (Å²) in [5, 5.41) is 16.3. The summed E-state index contributed by atoms with van der Waals surface area (Å²) in [4.78, 5) is 37.8. The molecule has 1 aromatic heterocycles. The van der Waals surface area contributed by atoms with Crippen molar-refractivity contribution in [3.8, 4) is 11.3 Å². The molecule has 2 bridgehead atoms. The molecule has 0 radical (unpaired) electrons. The van der Waals surface area contributed by atoms with Crippen molar-refractivity contribution in [1.29, 1.82) is 0 Å². The third kappa shape index (κ3) is 3.05. The maximum atomic E-state index is 13.6. The molecule has 8 nitrogen and oxygen atoms in total. The van der Waals surface area contributed by atoms with Gasteiger partial charge in [-0.05, 0) is 34.4 Å². The van der Waals surface area contributed by atoms with Gasteiger partial charge in [0, 0.05) is 29.5 Å². The molecule has 0 spiro atoms. The minimum Gasteiger partial charge on any atom is -0.455 e. The quantitative estimate of drug-likeness (QED) is 0.172. The fourth-order valence-electron chi connectivity index (χ4n) is 6.24. The molecule has 180 valence electrons. The Labute approximate surface area is 211 Å². The molecule has 0 unspecified atom stereocenters. The summed E-state index contributed by atoms with van der Waals surface area (Å²) in [6.07, 6.45) is 1.34. The van der Waals surface area contributed by atoms with Crippen LogP contribution < -0.4 is 0 Å². The lowest BCUT2D eigenvalue weighted by molar-refractivity contribution is -0.384. The molecule has 8 rings (SSSR count). The van der Waals surface area contributed by atoms with Crippen molar-refractivity contribution in [2.24, 2.45) is 16.9 Å². The molecule has 2 heterocycles. The summed E-state index contributed by atoms with van der Waals surface area (Å²) >= 11 is 0. The van der Waals surface area contributed by atoms with Crippen LogP contribution in [0.25, 0.3) is 11.3 Å². The predicted octanol–water partition coefficient (Wildman–Crippen LogP) is 5.08. The van der Waals surface area contributed by atoms with Crippen LogP contribution in [0, 0.1) is 22.0 Å². The zero-order valence-corrected chi connectivity index (χ0v) is 19.4. The Kier molecular flexibility index (Phi) is 4.53. The van der Waals surface area contributed by atoms with Crippen molar-refractivity contribution in [2.45, 2.75) is 11.8 Å². The molecular formula is C29H19N3O5. The lowest BCUT2D eigenvalue weighted by atomic mass is 9.55. The zero-order valence-electron chi connectivity index (χ0n) is 19.4. The lowest BCUT2D eigenvalue weighted by Gasteiger charge is -2.45. The molecule has 8 heteroatoms. The maximum Gasteiger partial charge on any atom is 0.270 e. The summed E-state index contributed by atoms with van der Waals surface area (Å²) in [6.45, 7) is 0. The van der Waals surface area contributed by atoms with Crippen LogP contribution in [0.3, 0.4) is 0 Å². The van der Waals surface area contributed by atoms with E-state index in [2.05, 4.69) is 29.4 Å². The van der Waals surface area contributed by atoms with Crippen LogP contribution in [0.15, 0.2) is 94.4 Å². The van der Waals surface area contributed by atoms with Crippen molar-refractivity contribution in [2.75, 3.05) is 0 Å². The SMILES string of the molecule is O=C1[C@@H]2C3c4ccccc4C(c4ccccc43)[C@@H]2C(=O)N1/N=C\c1ccc(-c2cccc([N+](=O)[O-])c2)o1. The first-order valence-electron chi connectivity index (χ1n) is 12.0. The largest absolute Gasteiger partial charge is 0.455 e. The number of carbonyl (C=O) groups excluding carboxylic acids is 2. The monoisotopic (exact) mass is 489 g/mol. The highest BCUT2D eigenvalue weighted by Crippen LogP contribution is 2.60. The number of hydrogen-bond acceptors (Lipinski definition) is 6. The van der Waals surface area contributed by atoms with E-state index in [-0.39, 0.29) is 29.3 Å². The van der Waals surface area contributed by atoms with E-state index in [1.54, 1.807) is 24.3 Å². The van der Waals surface area contributed by atoms with Gasteiger partial charge in [0.1, 0.15) is 11.5 Å². The normalized spacial score (nSPS) is 23.3. The summed E-state index contributed by atoms with van der Waals surface area (Å²) < 4.78 is 5.79. The summed E-state index contributed by atoms with van der Waals surface area (Å²) in [5.41, 5.74) is 4.91. The van der Waals surface area contributed by atoms with E-state index in [1.807, 2.05) is 24.3 Å². The van der Waals surface area contributed by atoms with Gasteiger partial charge in [0.2, 0.25) is 0 Å². The van der Waals surface area contributed by atoms with Gasteiger partial charge in [-0.25, -0.2) is 0 Å². The van der Waals surface area contributed by atoms with E-state index in [4.69, 9.17) is 4.42 Å². The van der Waals surface area contributed by atoms with Gasteiger partial charge in [0.15, 0.2) is 0 Å². The van der Waals surface area contributed by atoms with Crippen LogP contribution in [0.5, 0.6) is 0 Å². The molecule has 1 aliphatic heterocycles. The number of nitro benzene ring substituents is 1. The zero-order chi connectivity index (χ0) is 25.3. The summed E-state index contributed by atoms with van der Waals surface area (Å²) in [5.74, 6) is -1.26. The number of carbonyl (C=O) groups is 2. The predicted molar refractivity (Wildman–Crippen MR) is 134 cm³/mol. The number of nitrogens with zero attached hydrogens (tertiary/aromatic N) is 3. The van der Waals surface area contributed by atoms with Gasteiger partial charge in [0.05, 0.1) is 23.0 Å². The highest BCUT2D eigenvalue weighted by Gasteiger charge is 2.61. The van der Waals surface area contributed by atoms with Gasteiger partial charge in [-0.3, -0.25) is 19.7 Å². The Bertz CT molecular complexity index is 1540. The molecule has 1 fully saturated rings. The van der Waals surface area contributed by atoms with E-state index in [9.17, 15) is 19.7 Å². The maximum absolute atomic E-state index is 13.6. The molecule has 0 N–H and O–H groups in total. The Morgan fingerprint density at radius 1 is 0.784 bits per heavy atom. The molecule has 4 aromatic rings. The first-order valence-corrected chi connectivity index (χ1v) is 12.0. The first-order chi connectivity index (χ1) is 18.0. The number of hydrogen-bond donors (Lipinski definition) is 0. The van der Waals surface area contributed by atoms with Crippen LogP contribution in [0.1, 0.15) is 39.8 Å². The summed E-state index contributed by atoms with van der Waals surface area (Å²) in [6, 6.07) is 25.6. The number of benzene rings is 3. The molecule has 0 saturated carbocycles. The minimum absolute atomic E-state index is 0.0448. The number of furan rings is 1. The second-order valence-corrected chi connectivity index (χ2v) is 9.51. The van der Waals surface area contributed by atoms with Gasteiger partial charge in [-0.1, -0.05) is 60.7 Å². The third-order valence-electron chi connectivity index (χ3n) is 7.69. The Balaban J connectivity index is 1.21. The highest BCUT2D eigenvalue weighted by molar-refractivity contribution is 6.08. The summed E-state index contributed by atoms with van der Waals surface area (Å²) in [7, 11) is 0. The van der Waals surface area contributed by atoms with Gasteiger partial charge in [-0.2, -0.15) is 10.1 Å². The van der Waals surface area contributed by atoms with Crippen molar-refractivity contribution < 1.29 is 18.9 Å². The number of nitro groups is 1. The molecule has 3 aromatic carbocycles.